The number of hydrogen-bond donors (Lipinski definition) is 1. The van der Waals surface area contributed by atoms with Gasteiger partial charge in [0.05, 0.1) is 18.4 Å². The first-order valence-corrected chi connectivity index (χ1v) is 8.53. The molecule has 3 rings (SSSR count). The second-order valence-corrected chi connectivity index (χ2v) is 6.42. The number of halogens is 1. The summed E-state index contributed by atoms with van der Waals surface area (Å²) in [5.41, 5.74) is 3.35. The third-order valence-electron chi connectivity index (χ3n) is 4.44. The van der Waals surface area contributed by atoms with Crippen molar-refractivity contribution in [2.75, 3.05) is 17.3 Å². The van der Waals surface area contributed by atoms with Gasteiger partial charge < -0.3 is 10.1 Å². The van der Waals surface area contributed by atoms with Gasteiger partial charge in [0.1, 0.15) is 10.7 Å². The van der Waals surface area contributed by atoms with Crippen LogP contribution in [0.2, 0.25) is 0 Å². The van der Waals surface area contributed by atoms with Gasteiger partial charge in [-0.3, -0.25) is 9.59 Å². The Bertz CT molecular complexity index is 980. The summed E-state index contributed by atoms with van der Waals surface area (Å²) in [6, 6.07) is 11.6. The molecule has 0 saturated carbocycles. The van der Waals surface area contributed by atoms with Gasteiger partial charge >= 0.3 is 5.97 Å². The molecule has 0 atom stereocenters. The standard InChI is InChI=1S/C20H17ClN2O4/c1-11-5-4-6-15(12(11)2)22-17-16(21)18(24)23(19(17)25)14-9-7-13(8-10-14)20(26)27-3/h4-10,22H,1-3H3. The Morgan fingerprint density at radius 3 is 2.33 bits per heavy atom. The van der Waals surface area contributed by atoms with Gasteiger partial charge in [-0.2, -0.15) is 0 Å². The van der Waals surface area contributed by atoms with Crippen molar-refractivity contribution in [1.82, 2.24) is 0 Å². The molecular formula is C20H17ClN2O4. The molecule has 1 aliphatic heterocycles. The highest BCUT2D eigenvalue weighted by Crippen LogP contribution is 2.31. The Labute approximate surface area is 161 Å². The number of anilines is 2. The zero-order valence-electron chi connectivity index (χ0n) is 15.0. The number of methoxy groups -OCH3 is 1. The number of nitrogens with one attached hydrogen (secondary N) is 1. The number of benzene rings is 2. The molecule has 0 fully saturated rings. The third kappa shape index (κ3) is 3.31. The summed E-state index contributed by atoms with van der Waals surface area (Å²) in [5, 5.41) is 2.80. The molecule has 0 radical (unpaired) electrons. The minimum Gasteiger partial charge on any atom is -0.465 e. The number of imide groups is 1. The lowest BCUT2D eigenvalue weighted by Gasteiger charge is -2.16. The van der Waals surface area contributed by atoms with Gasteiger partial charge in [0.15, 0.2) is 0 Å². The van der Waals surface area contributed by atoms with E-state index in [1.807, 2.05) is 32.0 Å². The average molecular weight is 385 g/mol. The van der Waals surface area contributed by atoms with Gasteiger partial charge in [-0.25, -0.2) is 9.69 Å². The summed E-state index contributed by atoms with van der Waals surface area (Å²) in [7, 11) is 1.28. The molecule has 2 amide bonds. The van der Waals surface area contributed by atoms with Gasteiger partial charge in [-0.05, 0) is 55.3 Å². The largest absolute Gasteiger partial charge is 0.465 e. The lowest BCUT2D eigenvalue weighted by atomic mass is 10.1. The summed E-state index contributed by atoms with van der Waals surface area (Å²) in [6.45, 7) is 3.87. The van der Waals surface area contributed by atoms with Crippen LogP contribution in [-0.4, -0.2) is 24.9 Å². The van der Waals surface area contributed by atoms with Crippen molar-refractivity contribution < 1.29 is 19.1 Å². The highest BCUT2D eigenvalue weighted by Gasteiger charge is 2.39. The van der Waals surface area contributed by atoms with Crippen molar-refractivity contribution >= 4 is 40.8 Å². The van der Waals surface area contributed by atoms with Crippen LogP contribution in [0.5, 0.6) is 0 Å². The van der Waals surface area contributed by atoms with Crippen LogP contribution < -0.4 is 10.2 Å². The molecule has 138 valence electrons. The van der Waals surface area contributed by atoms with Gasteiger partial charge in [-0.15, -0.1) is 0 Å². The second-order valence-electron chi connectivity index (χ2n) is 6.05. The zero-order valence-corrected chi connectivity index (χ0v) is 15.8. The minimum absolute atomic E-state index is 0.0208. The Morgan fingerprint density at radius 1 is 1.04 bits per heavy atom. The Balaban J connectivity index is 1.90. The maximum absolute atomic E-state index is 12.8. The lowest BCUT2D eigenvalue weighted by molar-refractivity contribution is -0.120. The number of aryl methyl sites for hydroxylation is 1. The Kier molecular flexibility index (Phi) is 5.01. The molecule has 2 aromatic carbocycles. The van der Waals surface area contributed by atoms with Crippen molar-refractivity contribution in [3.8, 4) is 0 Å². The number of rotatable bonds is 4. The minimum atomic E-state index is -0.625. The molecule has 1 heterocycles. The zero-order chi connectivity index (χ0) is 19.7. The van der Waals surface area contributed by atoms with Gasteiger partial charge in [0, 0.05) is 5.69 Å². The maximum atomic E-state index is 12.8. The number of hydrogen-bond acceptors (Lipinski definition) is 5. The molecule has 1 aliphatic rings. The van der Waals surface area contributed by atoms with Crippen molar-refractivity contribution in [2.24, 2.45) is 0 Å². The van der Waals surface area contributed by atoms with Crippen LogP contribution in [0.4, 0.5) is 11.4 Å². The average Bonchev–Trinajstić information content (AvgIpc) is 2.88. The molecule has 0 spiro atoms. The van der Waals surface area contributed by atoms with E-state index in [-0.39, 0.29) is 10.7 Å². The van der Waals surface area contributed by atoms with Crippen LogP contribution in [0.1, 0.15) is 21.5 Å². The van der Waals surface area contributed by atoms with Crippen molar-refractivity contribution in [2.45, 2.75) is 13.8 Å². The van der Waals surface area contributed by atoms with E-state index in [0.717, 1.165) is 16.0 Å². The highest BCUT2D eigenvalue weighted by molar-refractivity contribution is 6.53. The molecule has 0 saturated heterocycles. The molecule has 2 aromatic rings. The van der Waals surface area contributed by atoms with Crippen LogP contribution in [0.15, 0.2) is 53.2 Å². The molecular weight excluding hydrogens is 368 g/mol. The molecule has 27 heavy (non-hydrogen) atoms. The normalized spacial score (nSPS) is 14.0. The summed E-state index contributed by atoms with van der Waals surface area (Å²) in [6.07, 6.45) is 0. The molecule has 6 nitrogen and oxygen atoms in total. The highest BCUT2D eigenvalue weighted by atomic mass is 35.5. The smallest absolute Gasteiger partial charge is 0.337 e. The third-order valence-corrected chi connectivity index (χ3v) is 4.79. The second kappa shape index (κ2) is 7.25. The molecule has 0 aliphatic carbocycles. The number of amides is 2. The van der Waals surface area contributed by atoms with Crippen LogP contribution in [-0.2, 0) is 14.3 Å². The van der Waals surface area contributed by atoms with E-state index in [0.29, 0.717) is 16.9 Å². The monoisotopic (exact) mass is 384 g/mol. The van der Waals surface area contributed by atoms with E-state index in [1.165, 1.54) is 31.4 Å². The van der Waals surface area contributed by atoms with Gasteiger partial charge in [-0.1, -0.05) is 23.7 Å². The van der Waals surface area contributed by atoms with Gasteiger partial charge in [0.2, 0.25) is 0 Å². The number of carbonyl (C=O) groups is 3. The summed E-state index contributed by atoms with van der Waals surface area (Å²) in [5.74, 6) is -1.69. The SMILES string of the molecule is COC(=O)c1ccc(N2C(=O)C(Cl)=C(Nc3cccc(C)c3C)C2=O)cc1. The number of carbonyl (C=O) groups excluding carboxylic acids is 3. The van der Waals surface area contributed by atoms with Crippen LogP contribution >= 0.6 is 11.6 Å². The molecule has 1 N–H and O–H groups in total. The van der Waals surface area contributed by atoms with Crippen molar-refractivity contribution in [1.29, 1.82) is 0 Å². The number of esters is 1. The molecule has 0 bridgehead atoms. The van der Waals surface area contributed by atoms with Crippen molar-refractivity contribution in [3.05, 3.63) is 69.9 Å². The Morgan fingerprint density at radius 2 is 1.70 bits per heavy atom. The van der Waals surface area contributed by atoms with Gasteiger partial charge in [0.25, 0.3) is 11.8 Å². The molecule has 7 heteroatoms. The quantitative estimate of drug-likeness (QED) is 0.644. The van der Waals surface area contributed by atoms with E-state index >= 15 is 0 Å². The fourth-order valence-corrected chi connectivity index (χ4v) is 2.94. The molecule has 0 unspecified atom stereocenters. The van der Waals surface area contributed by atoms with E-state index in [1.54, 1.807) is 0 Å². The number of ether oxygens (including phenoxy) is 1. The first-order chi connectivity index (χ1) is 12.8. The van der Waals surface area contributed by atoms with E-state index in [2.05, 4.69) is 10.1 Å². The Hall–Kier alpha value is -3.12. The van der Waals surface area contributed by atoms with E-state index in [9.17, 15) is 14.4 Å². The predicted octanol–water partition coefficient (Wildman–Crippen LogP) is 3.53. The topological polar surface area (TPSA) is 75.7 Å². The van der Waals surface area contributed by atoms with E-state index < -0.39 is 17.8 Å². The lowest BCUT2D eigenvalue weighted by Crippen LogP contribution is -2.32. The summed E-state index contributed by atoms with van der Waals surface area (Å²) in [4.78, 5) is 37.8. The first kappa shape index (κ1) is 18.7. The predicted molar refractivity (Wildman–Crippen MR) is 103 cm³/mol. The fraction of sp³-hybridized carbons (Fsp3) is 0.150. The van der Waals surface area contributed by atoms with E-state index in [4.69, 9.17) is 11.6 Å². The summed E-state index contributed by atoms with van der Waals surface area (Å²) < 4.78 is 4.64. The van der Waals surface area contributed by atoms with Crippen molar-refractivity contribution in [3.63, 3.8) is 0 Å². The number of nitrogens with zero attached hydrogens (tertiary/aromatic N) is 1. The van der Waals surface area contributed by atoms with Crippen LogP contribution in [0.3, 0.4) is 0 Å². The van der Waals surface area contributed by atoms with Crippen LogP contribution in [0, 0.1) is 13.8 Å². The fourth-order valence-electron chi connectivity index (χ4n) is 2.73. The molecule has 0 aromatic heterocycles. The van der Waals surface area contributed by atoms with Crippen LogP contribution in [0.25, 0.3) is 0 Å². The first-order valence-electron chi connectivity index (χ1n) is 8.15. The maximum Gasteiger partial charge on any atom is 0.337 e. The summed E-state index contributed by atoms with van der Waals surface area (Å²) >= 11 is 6.15.